The molecular weight excluding hydrogens is 346 g/mol. The van der Waals surface area contributed by atoms with E-state index in [0.717, 1.165) is 11.8 Å². The lowest BCUT2D eigenvalue weighted by atomic mass is 10.2. The molecule has 1 amide bonds. The van der Waals surface area contributed by atoms with E-state index < -0.39 is 4.92 Å². The molecule has 7 heteroatoms. The summed E-state index contributed by atoms with van der Waals surface area (Å²) in [6.07, 6.45) is 1.11. The number of nitro groups is 1. The zero-order valence-electron chi connectivity index (χ0n) is 14.6. The highest BCUT2D eigenvalue weighted by molar-refractivity contribution is 6.04. The maximum atomic E-state index is 12.3. The van der Waals surface area contributed by atoms with Crippen LogP contribution in [0.3, 0.4) is 0 Å². The third-order valence-corrected chi connectivity index (χ3v) is 3.87. The number of aromatic nitrogens is 1. The zero-order chi connectivity index (χ0) is 19.2. The standard InChI is InChI=1S/C20H17N3O4/c1-14-11-17(23(25)26)12-21-19(14)22-20(24)16-7-9-18(10-8-16)27-13-15-5-3-2-4-6-15/h2-12H,13H2,1H3,(H,21,22,24). The SMILES string of the molecule is Cc1cc([N+](=O)[O-])cnc1NC(=O)c1ccc(OCc2ccccc2)cc1. The van der Waals surface area contributed by atoms with Crippen LogP contribution in [0.1, 0.15) is 21.5 Å². The largest absolute Gasteiger partial charge is 0.489 e. The van der Waals surface area contributed by atoms with Gasteiger partial charge in [0.05, 0.1) is 4.92 Å². The van der Waals surface area contributed by atoms with Crippen LogP contribution in [0.15, 0.2) is 66.9 Å². The Balaban J connectivity index is 1.63. The van der Waals surface area contributed by atoms with Crippen LogP contribution >= 0.6 is 0 Å². The van der Waals surface area contributed by atoms with E-state index in [0.29, 0.717) is 23.5 Å². The smallest absolute Gasteiger partial charge is 0.287 e. The molecular formula is C20H17N3O4. The topological polar surface area (TPSA) is 94.4 Å². The first-order valence-corrected chi connectivity index (χ1v) is 8.22. The van der Waals surface area contributed by atoms with Crippen LogP contribution in [0, 0.1) is 17.0 Å². The van der Waals surface area contributed by atoms with E-state index in [4.69, 9.17) is 4.74 Å². The highest BCUT2D eigenvalue weighted by Crippen LogP contribution is 2.19. The summed E-state index contributed by atoms with van der Waals surface area (Å²) in [7, 11) is 0. The van der Waals surface area contributed by atoms with Gasteiger partial charge in [-0.25, -0.2) is 4.98 Å². The van der Waals surface area contributed by atoms with E-state index in [1.54, 1.807) is 31.2 Å². The fraction of sp³-hybridized carbons (Fsp3) is 0.100. The lowest BCUT2D eigenvalue weighted by Gasteiger charge is -2.09. The second-order valence-electron chi connectivity index (χ2n) is 5.87. The summed E-state index contributed by atoms with van der Waals surface area (Å²) in [6, 6.07) is 17.9. The van der Waals surface area contributed by atoms with Crippen molar-refractivity contribution in [3.05, 3.63) is 93.7 Å². The zero-order valence-corrected chi connectivity index (χ0v) is 14.6. The number of hydrogen-bond donors (Lipinski definition) is 1. The van der Waals surface area contributed by atoms with Crippen molar-refractivity contribution in [1.82, 2.24) is 4.98 Å². The van der Waals surface area contributed by atoms with E-state index in [2.05, 4.69) is 10.3 Å². The first-order valence-electron chi connectivity index (χ1n) is 8.22. The maximum Gasteiger partial charge on any atom is 0.287 e. The summed E-state index contributed by atoms with van der Waals surface area (Å²) >= 11 is 0. The molecule has 0 radical (unpaired) electrons. The highest BCUT2D eigenvalue weighted by atomic mass is 16.6. The fourth-order valence-corrected chi connectivity index (χ4v) is 2.41. The number of pyridine rings is 1. The maximum absolute atomic E-state index is 12.3. The van der Waals surface area contributed by atoms with Gasteiger partial charge >= 0.3 is 0 Å². The number of amides is 1. The number of nitrogens with zero attached hydrogens (tertiary/aromatic N) is 2. The monoisotopic (exact) mass is 363 g/mol. The molecule has 0 saturated carbocycles. The van der Waals surface area contributed by atoms with Gasteiger partial charge in [-0.15, -0.1) is 0 Å². The average Bonchev–Trinajstić information content (AvgIpc) is 2.69. The van der Waals surface area contributed by atoms with Crippen LogP contribution in [0.4, 0.5) is 11.5 Å². The van der Waals surface area contributed by atoms with E-state index in [9.17, 15) is 14.9 Å². The van der Waals surface area contributed by atoms with Gasteiger partial charge < -0.3 is 10.1 Å². The normalized spacial score (nSPS) is 10.3. The minimum Gasteiger partial charge on any atom is -0.489 e. The molecule has 136 valence electrons. The van der Waals surface area contributed by atoms with Gasteiger partial charge in [0.15, 0.2) is 0 Å². The molecule has 0 spiro atoms. The second kappa shape index (κ2) is 8.09. The van der Waals surface area contributed by atoms with Gasteiger partial charge in [-0.05, 0) is 42.3 Å². The summed E-state index contributed by atoms with van der Waals surface area (Å²) in [5.74, 6) is 0.587. The van der Waals surface area contributed by atoms with Crippen LogP contribution in [0.5, 0.6) is 5.75 Å². The van der Waals surface area contributed by atoms with Gasteiger partial charge in [-0.1, -0.05) is 30.3 Å². The fourth-order valence-electron chi connectivity index (χ4n) is 2.41. The Morgan fingerprint density at radius 2 is 1.85 bits per heavy atom. The van der Waals surface area contributed by atoms with Gasteiger partial charge in [-0.3, -0.25) is 14.9 Å². The quantitative estimate of drug-likeness (QED) is 0.525. The second-order valence-corrected chi connectivity index (χ2v) is 5.87. The summed E-state index contributed by atoms with van der Waals surface area (Å²) in [5.41, 5.74) is 1.88. The molecule has 0 aliphatic heterocycles. The van der Waals surface area contributed by atoms with Gasteiger partial charge in [0.25, 0.3) is 11.6 Å². The Kier molecular flexibility index (Phi) is 5.41. The van der Waals surface area contributed by atoms with Crippen molar-refractivity contribution in [2.75, 3.05) is 5.32 Å². The molecule has 0 unspecified atom stereocenters. The van der Waals surface area contributed by atoms with E-state index >= 15 is 0 Å². The molecule has 0 fully saturated rings. The van der Waals surface area contributed by atoms with Crippen molar-refractivity contribution < 1.29 is 14.5 Å². The molecule has 0 atom stereocenters. The molecule has 3 rings (SSSR count). The number of anilines is 1. The minimum atomic E-state index is -0.528. The molecule has 0 bridgehead atoms. The molecule has 0 aliphatic carbocycles. The number of rotatable bonds is 6. The van der Waals surface area contributed by atoms with Crippen molar-refractivity contribution in [2.24, 2.45) is 0 Å². The van der Waals surface area contributed by atoms with Crippen molar-refractivity contribution in [3.8, 4) is 5.75 Å². The van der Waals surface area contributed by atoms with Gasteiger partial charge in [0, 0.05) is 11.6 Å². The molecule has 1 heterocycles. The number of nitrogens with one attached hydrogen (secondary N) is 1. The minimum absolute atomic E-state index is 0.120. The van der Waals surface area contributed by atoms with Crippen LogP contribution < -0.4 is 10.1 Å². The predicted molar refractivity (Wildman–Crippen MR) is 101 cm³/mol. The summed E-state index contributed by atoms with van der Waals surface area (Å²) in [4.78, 5) is 26.5. The number of hydrogen-bond acceptors (Lipinski definition) is 5. The van der Waals surface area contributed by atoms with Crippen molar-refractivity contribution in [3.63, 3.8) is 0 Å². The first-order chi connectivity index (χ1) is 13.0. The summed E-state index contributed by atoms with van der Waals surface area (Å²) in [5, 5.41) is 13.4. The lowest BCUT2D eigenvalue weighted by molar-refractivity contribution is -0.385. The van der Waals surface area contributed by atoms with E-state index in [1.165, 1.54) is 6.07 Å². The Morgan fingerprint density at radius 1 is 1.15 bits per heavy atom. The highest BCUT2D eigenvalue weighted by Gasteiger charge is 2.13. The molecule has 3 aromatic rings. The lowest BCUT2D eigenvalue weighted by Crippen LogP contribution is -2.14. The number of benzene rings is 2. The van der Waals surface area contributed by atoms with Crippen LogP contribution in [0.2, 0.25) is 0 Å². The van der Waals surface area contributed by atoms with E-state index in [-0.39, 0.29) is 17.4 Å². The van der Waals surface area contributed by atoms with Gasteiger partial charge in [0.2, 0.25) is 0 Å². The summed E-state index contributed by atoms with van der Waals surface area (Å²) < 4.78 is 5.69. The number of carbonyl (C=O) groups excluding carboxylic acids is 1. The van der Waals surface area contributed by atoms with Crippen molar-refractivity contribution in [1.29, 1.82) is 0 Å². The van der Waals surface area contributed by atoms with Crippen molar-refractivity contribution >= 4 is 17.4 Å². The van der Waals surface area contributed by atoms with E-state index in [1.807, 2.05) is 30.3 Å². The average molecular weight is 363 g/mol. The molecule has 2 aromatic carbocycles. The number of aryl methyl sites for hydroxylation is 1. The molecule has 0 saturated heterocycles. The summed E-state index contributed by atoms with van der Waals surface area (Å²) in [6.45, 7) is 2.09. The molecule has 27 heavy (non-hydrogen) atoms. The third-order valence-electron chi connectivity index (χ3n) is 3.87. The molecule has 7 nitrogen and oxygen atoms in total. The third kappa shape index (κ3) is 4.66. The molecule has 0 aliphatic rings. The molecule has 1 N–H and O–H groups in total. The molecule has 1 aromatic heterocycles. The van der Waals surface area contributed by atoms with Crippen molar-refractivity contribution in [2.45, 2.75) is 13.5 Å². The Bertz CT molecular complexity index is 957. The number of ether oxygens (including phenoxy) is 1. The van der Waals surface area contributed by atoms with Crippen LogP contribution in [0.25, 0.3) is 0 Å². The van der Waals surface area contributed by atoms with Crippen LogP contribution in [-0.4, -0.2) is 15.8 Å². The Hall–Kier alpha value is -3.74. The van der Waals surface area contributed by atoms with Gasteiger partial charge in [0.1, 0.15) is 24.4 Å². The Labute approximate surface area is 155 Å². The van der Waals surface area contributed by atoms with Gasteiger partial charge in [-0.2, -0.15) is 0 Å². The Morgan fingerprint density at radius 3 is 2.48 bits per heavy atom. The predicted octanol–water partition coefficient (Wildman–Crippen LogP) is 4.13. The van der Waals surface area contributed by atoms with Crippen LogP contribution in [-0.2, 0) is 6.61 Å². The number of carbonyl (C=O) groups is 1. The first kappa shape index (κ1) is 18.1.